The molecule has 7 heteroatoms. The number of piperidine rings is 1. The molecule has 1 saturated heterocycles. The van der Waals surface area contributed by atoms with E-state index in [1.165, 1.54) is 12.1 Å². The van der Waals surface area contributed by atoms with Crippen LogP contribution in [-0.4, -0.2) is 27.6 Å². The lowest BCUT2D eigenvalue weighted by molar-refractivity contribution is -0.384. The lowest BCUT2D eigenvalue weighted by Crippen LogP contribution is -2.34. The fraction of sp³-hybridized carbons (Fsp3) is 0.333. The van der Waals surface area contributed by atoms with Crippen molar-refractivity contribution in [3.63, 3.8) is 0 Å². The number of hydrogen-bond acceptors (Lipinski definition) is 5. The van der Waals surface area contributed by atoms with E-state index in [2.05, 4.69) is 20.5 Å². The highest BCUT2D eigenvalue weighted by molar-refractivity contribution is 5.63. The quantitative estimate of drug-likeness (QED) is 0.641. The number of imidazole rings is 1. The topological polar surface area (TPSA) is 88.0 Å². The molecule has 0 bridgehead atoms. The minimum Gasteiger partial charge on any atom is -0.370 e. The molecule has 0 saturated carbocycles. The minimum absolute atomic E-state index is 0.0476. The van der Waals surface area contributed by atoms with Crippen LogP contribution >= 0.6 is 0 Å². The molecule has 0 radical (unpaired) electrons. The number of nitro groups is 1. The number of hydrogen-bond donors (Lipinski definition) is 0. The summed E-state index contributed by atoms with van der Waals surface area (Å²) in [5.74, 6) is 0. The van der Waals surface area contributed by atoms with Crippen LogP contribution in [0.5, 0.6) is 0 Å². The number of anilines is 1. The maximum absolute atomic E-state index is 10.8. The molecule has 1 aliphatic rings. The first-order valence-corrected chi connectivity index (χ1v) is 7.10. The molecule has 0 spiro atoms. The van der Waals surface area contributed by atoms with Gasteiger partial charge in [0.05, 0.1) is 22.5 Å². The molecule has 1 aliphatic heterocycles. The van der Waals surface area contributed by atoms with E-state index in [4.69, 9.17) is 0 Å². The number of rotatable bonds is 3. The molecule has 0 aliphatic carbocycles. The normalized spacial score (nSPS) is 15.5. The summed E-state index contributed by atoms with van der Waals surface area (Å²) in [7, 11) is 0. The molecule has 0 N–H and O–H groups in total. The molecule has 0 unspecified atom stereocenters. The highest BCUT2D eigenvalue weighted by atomic mass is 16.6. The van der Waals surface area contributed by atoms with Crippen molar-refractivity contribution in [2.45, 2.75) is 18.9 Å². The second-order valence-electron chi connectivity index (χ2n) is 5.30. The van der Waals surface area contributed by atoms with Gasteiger partial charge in [0, 0.05) is 43.7 Å². The van der Waals surface area contributed by atoms with Crippen LogP contribution in [0.1, 0.15) is 24.4 Å². The Bertz CT molecular complexity index is 712. The molecule has 112 valence electrons. The van der Waals surface area contributed by atoms with E-state index in [9.17, 15) is 15.4 Å². The third-order valence-electron chi connectivity index (χ3n) is 4.06. The number of aromatic nitrogens is 2. The summed E-state index contributed by atoms with van der Waals surface area (Å²) in [6, 6.07) is 6.96. The van der Waals surface area contributed by atoms with Gasteiger partial charge < -0.3 is 9.47 Å². The van der Waals surface area contributed by atoms with Crippen molar-refractivity contribution in [1.29, 1.82) is 5.26 Å². The van der Waals surface area contributed by atoms with Crippen LogP contribution in [0.3, 0.4) is 0 Å². The second-order valence-corrected chi connectivity index (χ2v) is 5.30. The minimum atomic E-state index is -0.476. The molecule has 22 heavy (non-hydrogen) atoms. The standard InChI is InChI=1S/C15H15N5O2/c16-10-12-9-14(20(21)22)1-2-15(12)18-6-3-13(4-7-18)19-8-5-17-11-19/h1-2,5,8-9,11,13H,3-4,6-7H2. The summed E-state index contributed by atoms with van der Waals surface area (Å²) in [4.78, 5) is 16.5. The van der Waals surface area contributed by atoms with E-state index in [1.54, 1.807) is 12.3 Å². The molecular formula is C15H15N5O2. The molecule has 0 amide bonds. The Balaban J connectivity index is 1.76. The first kappa shape index (κ1) is 14.1. The van der Waals surface area contributed by atoms with Gasteiger partial charge in [0.15, 0.2) is 0 Å². The maximum Gasteiger partial charge on any atom is 0.270 e. The first-order chi connectivity index (χ1) is 10.7. The number of nitrogens with zero attached hydrogens (tertiary/aromatic N) is 5. The number of nitriles is 1. The van der Waals surface area contributed by atoms with Crippen molar-refractivity contribution in [3.8, 4) is 6.07 Å². The molecular weight excluding hydrogens is 282 g/mol. The summed E-state index contributed by atoms with van der Waals surface area (Å²) < 4.78 is 2.11. The Kier molecular flexibility index (Phi) is 3.74. The molecule has 1 aromatic heterocycles. The van der Waals surface area contributed by atoms with Gasteiger partial charge in [0.2, 0.25) is 0 Å². The molecule has 1 aromatic carbocycles. The zero-order chi connectivity index (χ0) is 15.5. The Hall–Kier alpha value is -2.88. The van der Waals surface area contributed by atoms with Gasteiger partial charge >= 0.3 is 0 Å². The smallest absolute Gasteiger partial charge is 0.270 e. The van der Waals surface area contributed by atoms with E-state index in [-0.39, 0.29) is 5.69 Å². The Morgan fingerprint density at radius 2 is 2.14 bits per heavy atom. The second kappa shape index (κ2) is 5.85. The average molecular weight is 297 g/mol. The third-order valence-corrected chi connectivity index (χ3v) is 4.06. The third kappa shape index (κ3) is 2.63. The van der Waals surface area contributed by atoms with Gasteiger partial charge in [0.25, 0.3) is 5.69 Å². The molecule has 1 fully saturated rings. The first-order valence-electron chi connectivity index (χ1n) is 7.10. The van der Waals surface area contributed by atoms with Gasteiger partial charge in [-0.3, -0.25) is 10.1 Å². The van der Waals surface area contributed by atoms with Crippen molar-refractivity contribution >= 4 is 11.4 Å². The molecule has 0 atom stereocenters. The summed E-state index contributed by atoms with van der Waals surface area (Å²) in [6.45, 7) is 1.63. The fourth-order valence-electron chi connectivity index (χ4n) is 2.89. The van der Waals surface area contributed by atoms with E-state index >= 15 is 0 Å². The monoisotopic (exact) mass is 297 g/mol. The summed E-state index contributed by atoms with van der Waals surface area (Å²) in [5.41, 5.74) is 1.08. The van der Waals surface area contributed by atoms with Crippen LogP contribution in [0.15, 0.2) is 36.9 Å². The van der Waals surface area contributed by atoms with E-state index in [1.807, 2.05) is 12.5 Å². The van der Waals surface area contributed by atoms with Gasteiger partial charge in [0.1, 0.15) is 6.07 Å². The lowest BCUT2D eigenvalue weighted by Gasteiger charge is -2.34. The van der Waals surface area contributed by atoms with E-state index in [0.717, 1.165) is 31.6 Å². The average Bonchev–Trinajstić information content (AvgIpc) is 3.09. The molecule has 2 heterocycles. The summed E-state index contributed by atoms with van der Waals surface area (Å²) in [5, 5.41) is 20.1. The van der Waals surface area contributed by atoms with Gasteiger partial charge in [-0.2, -0.15) is 5.26 Å². The summed E-state index contributed by atoms with van der Waals surface area (Å²) in [6.07, 6.45) is 7.48. The van der Waals surface area contributed by atoms with Crippen LogP contribution in [0.4, 0.5) is 11.4 Å². The van der Waals surface area contributed by atoms with Crippen molar-refractivity contribution in [2.75, 3.05) is 18.0 Å². The predicted molar refractivity (Wildman–Crippen MR) is 80.5 cm³/mol. The van der Waals surface area contributed by atoms with Gasteiger partial charge in [-0.05, 0) is 18.9 Å². The van der Waals surface area contributed by atoms with Crippen molar-refractivity contribution in [3.05, 3.63) is 52.6 Å². The zero-order valence-corrected chi connectivity index (χ0v) is 11.9. The number of nitro benzene ring substituents is 1. The highest BCUT2D eigenvalue weighted by Crippen LogP contribution is 2.30. The van der Waals surface area contributed by atoms with Gasteiger partial charge in [-0.25, -0.2) is 4.98 Å². The number of non-ortho nitro benzene ring substituents is 1. The molecule has 7 nitrogen and oxygen atoms in total. The SMILES string of the molecule is N#Cc1cc([N+](=O)[O-])ccc1N1CCC(n2ccnc2)CC1. The van der Waals surface area contributed by atoms with Crippen LogP contribution < -0.4 is 4.90 Å². The van der Waals surface area contributed by atoms with E-state index < -0.39 is 4.92 Å². The van der Waals surface area contributed by atoms with E-state index in [0.29, 0.717) is 11.6 Å². The Morgan fingerprint density at radius 1 is 1.36 bits per heavy atom. The van der Waals surface area contributed by atoms with Crippen molar-refractivity contribution in [1.82, 2.24) is 9.55 Å². The zero-order valence-electron chi connectivity index (χ0n) is 11.9. The summed E-state index contributed by atoms with van der Waals surface area (Å²) >= 11 is 0. The van der Waals surface area contributed by atoms with Crippen LogP contribution in [0, 0.1) is 21.4 Å². The van der Waals surface area contributed by atoms with Crippen LogP contribution in [0.25, 0.3) is 0 Å². The fourth-order valence-corrected chi connectivity index (χ4v) is 2.89. The van der Waals surface area contributed by atoms with Gasteiger partial charge in [-0.1, -0.05) is 0 Å². The predicted octanol–water partition coefficient (Wildman–Crippen LogP) is 2.50. The van der Waals surface area contributed by atoms with Crippen LogP contribution in [-0.2, 0) is 0 Å². The van der Waals surface area contributed by atoms with Crippen molar-refractivity contribution in [2.24, 2.45) is 0 Å². The largest absolute Gasteiger partial charge is 0.370 e. The van der Waals surface area contributed by atoms with Crippen LogP contribution in [0.2, 0.25) is 0 Å². The molecule has 3 rings (SSSR count). The Labute approximate surface area is 127 Å². The highest BCUT2D eigenvalue weighted by Gasteiger charge is 2.23. The maximum atomic E-state index is 10.8. The Morgan fingerprint density at radius 3 is 2.73 bits per heavy atom. The lowest BCUT2D eigenvalue weighted by atomic mass is 10.0. The van der Waals surface area contributed by atoms with Gasteiger partial charge in [-0.15, -0.1) is 0 Å². The number of benzene rings is 1. The molecule has 2 aromatic rings. The van der Waals surface area contributed by atoms with Crippen molar-refractivity contribution < 1.29 is 4.92 Å².